The fourth-order valence-corrected chi connectivity index (χ4v) is 3.37. The number of aryl methyl sites for hydroxylation is 1. The van der Waals surface area contributed by atoms with Crippen LogP contribution in [-0.4, -0.2) is 4.98 Å². The molecule has 0 amide bonds. The van der Waals surface area contributed by atoms with Crippen LogP contribution >= 0.6 is 11.3 Å². The SMILES string of the molecule is CCc1ccc(Nc2nc(-c3cc4ccccc4oc3=O)cs2)cc1. The van der Waals surface area contributed by atoms with Crippen molar-refractivity contribution >= 4 is 33.1 Å². The first-order chi connectivity index (χ1) is 12.2. The predicted octanol–water partition coefficient (Wildman–Crippen LogP) is 5.22. The van der Waals surface area contributed by atoms with E-state index in [0.717, 1.165) is 22.6 Å². The zero-order valence-electron chi connectivity index (χ0n) is 13.7. The Labute approximate surface area is 148 Å². The Bertz CT molecular complexity index is 1080. The Morgan fingerprint density at radius 2 is 1.92 bits per heavy atom. The second-order valence-electron chi connectivity index (χ2n) is 5.70. The van der Waals surface area contributed by atoms with Gasteiger partial charge in [0, 0.05) is 16.5 Å². The molecule has 0 bridgehead atoms. The summed E-state index contributed by atoms with van der Waals surface area (Å²) in [4.78, 5) is 16.8. The normalized spacial score (nSPS) is 10.9. The van der Waals surface area contributed by atoms with E-state index in [4.69, 9.17) is 4.42 Å². The highest BCUT2D eigenvalue weighted by atomic mass is 32.1. The first kappa shape index (κ1) is 15.6. The summed E-state index contributed by atoms with van der Waals surface area (Å²) in [5, 5.41) is 6.77. The van der Waals surface area contributed by atoms with Crippen molar-refractivity contribution in [2.45, 2.75) is 13.3 Å². The second kappa shape index (κ2) is 6.53. The molecule has 1 N–H and O–H groups in total. The van der Waals surface area contributed by atoms with Crippen LogP contribution in [0, 0.1) is 0 Å². The number of nitrogens with one attached hydrogen (secondary N) is 1. The van der Waals surface area contributed by atoms with Gasteiger partial charge in [-0.1, -0.05) is 37.3 Å². The molecule has 0 saturated carbocycles. The molecule has 0 unspecified atom stereocenters. The van der Waals surface area contributed by atoms with Gasteiger partial charge in [-0.3, -0.25) is 0 Å². The van der Waals surface area contributed by atoms with Crippen LogP contribution in [0.4, 0.5) is 10.8 Å². The van der Waals surface area contributed by atoms with Crippen molar-refractivity contribution < 1.29 is 4.42 Å². The van der Waals surface area contributed by atoms with Gasteiger partial charge in [-0.15, -0.1) is 11.3 Å². The molecule has 4 aromatic rings. The molecule has 0 aliphatic carbocycles. The molecule has 0 atom stereocenters. The van der Waals surface area contributed by atoms with Crippen molar-refractivity contribution in [3.8, 4) is 11.3 Å². The lowest BCUT2D eigenvalue weighted by atomic mass is 10.1. The van der Waals surface area contributed by atoms with Gasteiger partial charge < -0.3 is 9.73 Å². The van der Waals surface area contributed by atoms with Crippen LogP contribution in [0.15, 0.2) is 69.2 Å². The molecule has 4 rings (SSSR count). The maximum Gasteiger partial charge on any atom is 0.345 e. The zero-order chi connectivity index (χ0) is 17.2. The van der Waals surface area contributed by atoms with Gasteiger partial charge in [0.05, 0.1) is 11.3 Å². The molecule has 5 heteroatoms. The summed E-state index contributed by atoms with van der Waals surface area (Å²) in [7, 11) is 0. The minimum Gasteiger partial charge on any atom is -0.422 e. The molecular weight excluding hydrogens is 332 g/mol. The molecule has 2 aromatic carbocycles. The maximum atomic E-state index is 12.2. The number of hydrogen-bond donors (Lipinski definition) is 1. The Hall–Kier alpha value is -2.92. The number of rotatable bonds is 4. The van der Waals surface area contributed by atoms with Gasteiger partial charge in [-0.2, -0.15) is 0 Å². The third-order valence-electron chi connectivity index (χ3n) is 4.04. The average Bonchev–Trinajstić information content (AvgIpc) is 3.10. The lowest BCUT2D eigenvalue weighted by Gasteiger charge is -2.03. The van der Waals surface area contributed by atoms with E-state index in [9.17, 15) is 4.79 Å². The van der Waals surface area contributed by atoms with Crippen molar-refractivity contribution in [1.29, 1.82) is 0 Å². The highest BCUT2D eigenvalue weighted by molar-refractivity contribution is 7.14. The van der Waals surface area contributed by atoms with Gasteiger partial charge >= 0.3 is 5.63 Å². The van der Waals surface area contributed by atoms with E-state index in [2.05, 4.69) is 29.4 Å². The third kappa shape index (κ3) is 3.19. The maximum absolute atomic E-state index is 12.2. The molecule has 0 aliphatic rings. The molecule has 0 spiro atoms. The first-order valence-electron chi connectivity index (χ1n) is 8.07. The number of aromatic nitrogens is 1. The summed E-state index contributed by atoms with van der Waals surface area (Å²) in [6.07, 6.45) is 1.01. The number of benzene rings is 2. The van der Waals surface area contributed by atoms with Crippen LogP contribution in [0.25, 0.3) is 22.2 Å². The molecule has 0 radical (unpaired) electrons. The van der Waals surface area contributed by atoms with Crippen LogP contribution in [0.5, 0.6) is 0 Å². The zero-order valence-corrected chi connectivity index (χ0v) is 14.5. The molecule has 2 aromatic heterocycles. The van der Waals surface area contributed by atoms with Gasteiger partial charge in [0.15, 0.2) is 5.13 Å². The highest BCUT2D eigenvalue weighted by Gasteiger charge is 2.11. The van der Waals surface area contributed by atoms with E-state index in [-0.39, 0.29) is 5.63 Å². The molecule has 0 saturated heterocycles. The van der Waals surface area contributed by atoms with Crippen molar-refractivity contribution in [2.75, 3.05) is 5.32 Å². The summed E-state index contributed by atoms with van der Waals surface area (Å²) in [5.41, 5.74) is 3.58. The Balaban J connectivity index is 1.64. The van der Waals surface area contributed by atoms with Crippen molar-refractivity contribution in [1.82, 2.24) is 4.98 Å². The molecule has 4 nitrogen and oxygen atoms in total. The van der Waals surface area contributed by atoms with Crippen LogP contribution in [0.3, 0.4) is 0 Å². The number of thiazole rings is 1. The smallest absolute Gasteiger partial charge is 0.345 e. The molecule has 25 heavy (non-hydrogen) atoms. The summed E-state index contributed by atoms with van der Waals surface area (Å²) in [5.74, 6) is 0. The van der Waals surface area contributed by atoms with Crippen LogP contribution in [0.2, 0.25) is 0 Å². The Morgan fingerprint density at radius 3 is 2.72 bits per heavy atom. The Kier molecular flexibility index (Phi) is 4.07. The summed E-state index contributed by atoms with van der Waals surface area (Å²) in [6.45, 7) is 2.13. The lowest BCUT2D eigenvalue weighted by molar-refractivity contribution is 0.563. The topological polar surface area (TPSA) is 55.1 Å². The van der Waals surface area contributed by atoms with Crippen molar-refractivity contribution in [3.05, 3.63) is 76.0 Å². The fourth-order valence-electron chi connectivity index (χ4n) is 2.64. The summed E-state index contributed by atoms with van der Waals surface area (Å²) < 4.78 is 5.39. The molecule has 124 valence electrons. The second-order valence-corrected chi connectivity index (χ2v) is 6.56. The van der Waals surface area contributed by atoms with Gasteiger partial charge in [0.1, 0.15) is 5.58 Å². The summed E-state index contributed by atoms with van der Waals surface area (Å²) >= 11 is 1.46. The minimum atomic E-state index is -0.372. The molecule has 2 heterocycles. The number of fused-ring (bicyclic) bond motifs is 1. The van der Waals surface area contributed by atoms with Crippen molar-refractivity contribution in [2.24, 2.45) is 0 Å². The van der Waals surface area contributed by atoms with Crippen LogP contribution in [0.1, 0.15) is 12.5 Å². The standard InChI is InChI=1S/C20H16N2O2S/c1-2-13-7-9-15(10-8-13)21-20-22-17(12-25-20)16-11-14-5-3-4-6-18(14)24-19(16)23/h3-12H,2H2,1H3,(H,21,22). The average molecular weight is 348 g/mol. The van der Waals surface area contributed by atoms with Crippen LogP contribution < -0.4 is 10.9 Å². The van der Waals surface area contributed by atoms with Crippen LogP contribution in [-0.2, 0) is 6.42 Å². The quantitative estimate of drug-likeness (QED) is 0.514. The van der Waals surface area contributed by atoms with E-state index in [0.29, 0.717) is 16.8 Å². The molecular formula is C20H16N2O2S. The number of para-hydroxylation sites is 1. The van der Waals surface area contributed by atoms with E-state index in [1.165, 1.54) is 16.9 Å². The number of anilines is 2. The van der Waals surface area contributed by atoms with E-state index in [1.807, 2.05) is 41.8 Å². The van der Waals surface area contributed by atoms with Crippen molar-refractivity contribution in [3.63, 3.8) is 0 Å². The van der Waals surface area contributed by atoms with Gasteiger partial charge in [0.25, 0.3) is 0 Å². The first-order valence-corrected chi connectivity index (χ1v) is 8.95. The lowest BCUT2D eigenvalue weighted by Crippen LogP contribution is -2.02. The fraction of sp³-hybridized carbons (Fsp3) is 0.100. The van der Waals surface area contributed by atoms with Gasteiger partial charge in [0.2, 0.25) is 0 Å². The van der Waals surface area contributed by atoms with Gasteiger partial charge in [-0.25, -0.2) is 9.78 Å². The minimum absolute atomic E-state index is 0.372. The largest absolute Gasteiger partial charge is 0.422 e. The monoisotopic (exact) mass is 348 g/mol. The van der Waals surface area contributed by atoms with E-state index < -0.39 is 0 Å². The number of hydrogen-bond acceptors (Lipinski definition) is 5. The van der Waals surface area contributed by atoms with E-state index in [1.54, 1.807) is 6.07 Å². The molecule has 0 aliphatic heterocycles. The van der Waals surface area contributed by atoms with E-state index >= 15 is 0 Å². The molecule has 0 fully saturated rings. The van der Waals surface area contributed by atoms with Gasteiger partial charge in [-0.05, 0) is 36.2 Å². The number of nitrogens with zero attached hydrogens (tertiary/aromatic N) is 1. The third-order valence-corrected chi connectivity index (χ3v) is 4.79. The highest BCUT2D eigenvalue weighted by Crippen LogP contribution is 2.27. The Morgan fingerprint density at radius 1 is 1.12 bits per heavy atom. The predicted molar refractivity (Wildman–Crippen MR) is 103 cm³/mol. The summed E-state index contributed by atoms with van der Waals surface area (Å²) in [6, 6.07) is 17.5.